The number of carbonyl (C=O) groups is 1. The Bertz CT molecular complexity index is 1240. The van der Waals surface area contributed by atoms with Gasteiger partial charge in [0.1, 0.15) is 11.6 Å². The van der Waals surface area contributed by atoms with E-state index in [0.717, 1.165) is 39.0 Å². The number of hydrogen-bond acceptors (Lipinski definition) is 3. The number of aromatic amines is 2. The molecule has 7 heteroatoms. The van der Waals surface area contributed by atoms with Crippen LogP contribution in [0.4, 0.5) is 4.39 Å². The van der Waals surface area contributed by atoms with E-state index in [0.29, 0.717) is 18.7 Å². The number of carbonyl (C=O) groups excluding carboxylic acids is 1. The summed E-state index contributed by atoms with van der Waals surface area (Å²) in [4.78, 5) is 18.2. The number of benzene rings is 2. The van der Waals surface area contributed by atoms with Crippen molar-refractivity contribution in [3.63, 3.8) is 0 Å². The van der Waals surface area contributed by atoms with Gasteiger partial charge in [-0.1, -0.05) is 12.1 Å². The van der Waals surface area contributed by atoms with Gasteiger partial charge in [0.15, 0.2) is 5.69 Å². The van der Waals surface area contributed by atoms with E-state index in [4.69, 9.17) is 4.74 Å². The van der Waals surface area contributed by atoms with E-state index in [1.807, 2.05) is 36.2 Å². The first-order chi connectivity index (χ1) is 14.6. The topological polar surface area (TPSA) is 74.0 Å². The standard InChI is InChI=1S/C23H21FN4O2/c1-13-20-21(27-26-13)23(29)28(22(20)14-3-5-16(24)6-4-14)10-9-15-12-25-19-8-7-17(30-2)11-18(15)19/h3-8,11-12,22,25H,9-10H2,1-2H3,(H,26,27). The van der Waals surface area contributed by atoms with Crippen molar-refractivity contribution in [3.8, 4) is 5.75 Å². The van der Waals surface area contributed by atoms with Gasteiger partial charge in [-0.15, -0.1) is 0 Å². The minimum atomic E-state index is -0.300. The number of H-pyrrole nitrogens is 2. The zero-order valence-corrected chi connectivity index (χ0v) is 16.7. The van der Waals surface area contributed by atoms with E-state index in [-0.39, 0.29) is 17.8 Å². The third-order valence-corrected chi connectivity index (χ3v) is 5.83. The smallest absolute Gasteiger partial charge is 0.275 e. The average molecular weight is 404 g/mol. The summed E-state index contributed by atoms with van der Waals surface area (Å²) in [5.41, 5.74) is 5.17. The molecule has 0 bridgehead atoms. The van der Waals surface area contributed by atoms with E-state index in [1.54, 1.807) is 19.2 Å². The van der Waals surface area contributed by atoms with Crippen LogP contribution in [0, 0.1) is 12.7 Å². The van der Waals surface area contributed by atoms with Crippen molar-refractivity contribution in [1.82, 2.24) is 20.1 Å². The highest BCUT2D eigenvalue weighted by atomic mass is 19.1. The molecule has 30 heavy (non-hydrogen) atoms. The Morgan fingerprint density at radius 1 is 1.20 bits per heavy atom. The van der Waals surface area contributed by atoms with Gasteiger partial charge in [0.2, 0.25) is 0 Å². The van der Waals surface area contributed by atoms with Crippen molar-refractivity contribution < 1.29 is 13.9 Å². The Hall–Kier alpha value is -3.61. The predicted molar refractivity (Wildman–Crippen MR) is 111 cm³/mol. The van der Waals surface area contributed by atoms with Crippen LogP contribution in [0.2, 0.25) is 0 Å². The van der Waals surface area contributed by atoms with Gasteiger partial charge in [-0.2, -0.15) is 5.10 Å². The Kier molecular flexibility index (Phi) is 4.31. The molecule has 1 unspecified atom stereocenters. The second-order valence-electron chi connectivity index (χ2n) is 7.54. The fraction of sp³-hybridized carbons (Fsp3) is 0.217. The zero-order valence-electron chi connectivity index (χ0n) is 16.7. The lowest BCUT2D eigenvalue weighted by Gasteiger charge is -2.26. The number of fused-ring (bicyclic) bond motifs is 2. The van der Waals surface area contributed by atoms with Gasteiger partial charge in [-0.3, -0.25) is 9.89 Å². The molecule has 5 rings (SSSR count). The number of hydrogen-bond donors (Lipinski definition) is 2. The number of nitrogens with one attached hydrogen (secondary N) is 2. The Morgan fingerprint density at radius 3 is 2.77 bits per heavy atom. The maximum Gasteiger partial charge on any atom is 0.275 e. The van der Waals surface area contributed by atoms with Gasteiger partial charge < -0.3 is 14.6 Å². The summed E-state index contributed by atoms with van der Waals surface area (Å²) >= 11 is 0. The number of nitrogens with zero attached hydrogens (tertiary/aromatic N) is 2. The molecule has 1 atom stereocenters. The summed E-state index contributed by atoms with van der Waals surface area (Å²) in [5.74, 6) is 0.383. The molecular weight excluding hydrogens is 383 g/mol. The van der Waals surface area contributed by atoms with E-state index < -0.39 is 0 Å². The maximum atomic E-state index is 13.5. The lowest BCUT2D eigenvalue weighted by Crippen LogP contribution is -2.31. The first kappa shape index (κ1) is 18.4. The van der Waals surface area contributed by atoms with Crippen LogP contribution in [0.15, 0.2) is 48.7 Å². The number of aryl methyl sites for hydroxylation is 1. The summed E-state index contributed by atoms with van der Waals surface area (Å²) in [6.45, 7) is 2.42. The van der Waals surface area contributed by atoms with Crippen molar-refractivity contribution >= 4 is 16.8 Å². The molecule has 0 saturated heterocycles. The molecule has 2 aromatic heterocycles. The van der Waals surface area contributed by atoms with Crippen molar-refractivity contribution in [2.75, 3.05) is 13.7 Å². The average Bonchev–Trinajstić information content (AvgIpc) is 3.41. The molecule has 0 aliphatic carbocycles. The summed E-state index contributed by atoms with van der Waals surface area (Å²) in [5, 5.41) is 8.22. The van der Waals surface area contributed by atoms with Crippen LogP contribution in [0.1, 0.15) is 38.9 Å². The van der Waals surface area contributed by atoms with Crippen LogP contribution in [-0.4, -0.2) is 39.6 Å². The number of rotatable bonds is 5. The molecule has 0 saturated carbocycles. The molecule has 0 spiro atoms. The second kappa shape index (κ2) is 7.02. The third-order valence-electron chi connectivity index (χ3n) is 5.83. The number of methoxy groups -OCH3 is 1. The van der Waals surface area contributed by atoms with Crippen LogP contribution in [0.25, 0.3) is 10.9 Å². The Morgan fingerprint density at radius 2 is 2.00 bits per heavy atom. The van der Waals surface area contributed by atoms with Gasteiger partial charge in [-0.25, -0.2) is 4.39 Å². The molecule has 2 aromatic carbocycles. The van der Waals surface area contributed by atoms with Gasteiger partial charge >= 0.3 is 0 Å². The van der Waals surface area contributed by atoms with E-state index in [1.165, 1.54) is 12.1 Å². The minimum Gasteiger partial charge on any atom is -0.497 e. The lowest BCUT2D eigenvalue weighted by molar-refractivity contribution is 0.0745. The van der Waals surface area contributed by atoms with Gasteiger partial charge in [0.05, 0.1) is 13.2 Å². The fourth-order valence-electron chi connectivity index (χ4n) is 4.30. The highest BCUT2D eigenvalue weighted by molar-refractivity contribution is 5.98. The molecule has 0 fully saturated rings. The summed E-state index contributed by atoms with van der Waals surface area (Å²) < 4.78 is 18.8. The lowest BCUT2D eigenvalue weighted by atomic mass is 9.99. The third kappa shape index (κ3) is 2.85. The summed E-state index contributed by atoms with van der Waals surface area (Å²) in [6.07, 6.45) is 2.64. The molecule has 152 valence electrons. The summed E-state index contributed by atoms with van der Waals surface area (Å²) in [7, 11) is 1.65. The zero-order chi connectivity index (χ0) is 20.8. The van der Waals surface area contributed by atoms with Crippen LogP contribution in [0.3, 0.4) is 0 Å². The first-order valence-electron chi connectivity index (χ1n) is 9.82. The molecule has 1 aliphatic rings. The van der Waals surface area contributed by atoms with Crippen molar-refractivity contribution in [2.45, 2.75) is 19.4 Å². The van der Waals surface area contributed by atoms with Crippen LogP contribution < -0.4 is 4.74 Å². The largest absolute Gasteiger partial charge is 0.497 e. The van der Waals surface area contributed by atoms with Crippen molar-refractivity contribution in [3.05, 3.63) is 82.6 Å². The van der Waals surface area contributed by atoms with Crippen LogP contribution >= 0.6 is 0 Å². The van der Waals surface area contributed by atoms with Gasteiger partial charge in [0.25, 0.3) is 5.91 Å². The molecule has 6 nitrogen and oxygen atoms in total. The quantitative estimate of drug-likeness (QED) is 0.525. The summed E-state index contributed by atoms with van der Waals surface area (Å²) in [6, 6.07) is 11.9. The second-order valence-corrected chi connectivity index (χ2v) is 7.54. The van der Waals surface area contributed by atoms with Gasteiger partial charge in [-0.05, 0) is 54.8 Å². The Labute approximate surface area is 172 Å². The Balaban J connectivity index is 1.48. The van der Waals surface area contributed by atoms with Gasteiger partial charge in [0, 0.05) is 34.9 Å². The van der Waals surface area contributed by atoms with Crippen LogP contribution in [-0.2, 0) is 6.42 Å². The molecule has 4 aromatic rings. The van der Waals surface area contributed by atoms with Crippen molar-refractivity contribution in [2.24, 2.45) is 0 Å². The molecule has 1 amide bonds. The van der Waals surface area contributed by atoms with E-state index in [9.17, 15) is 9.18 Å². The maximum absolute atomic E-state index is 13.5. The molecular formula is C23H21FN4O2. The highest BCUT2D eigenvalue weighted by Gasteiger charge is 2.41. The highest BCUT2D eigenvalue weighted by Crippen LogP contribution is 2.39. The van der Waals surface area contributed by atoms with Crippen LogP contribution in [0.5, 0.6) is 5.75 Å². The number of amides is 1. The molecule has 1 aliphatic heterocycles. The first-order valence-corrected chi connectivity index (χ1v) is 9.82. The predicted octanol–water partition coefficient (Wildman–Crippen LogP) is 4.14. The normalized spacial score (nSPS) is 15.8. The number of halogens is 1. The van der Waals surface area contributed by atoms with Crippen molar-refractivity contribution in [1.29, 1.82) is 0 Å². The van der Waals surface area contributed by atoms with E-state index >= 15 is 0 Å². The molecule has 3 heterocycles. The number of aromatic nitrogens is 3. The fourth-order valence-corrected chi connectivity index (χ4v) is 4.30. The number of ether oxygens (including phenoxy) is 1. The molecule has 0 radical (unpaired) electrons. The molecule has 2 N–H and O–H groups in total. The SMILES string of the molecule is COc1ccc2[nH]cc(CCN3C(=O)c4n[nH]c(C)c4C3c3ccc(F)cc3)c2c1. The minimum absolute atomic E-state index is 0.110. The van der Waals surface area contributed by atoms with E-state index in [2.05, 4.69) is 15.2 Å². The monoisotopic (exact) mass is 404 g/mol.